The van der Waals surface area contributed by atoms with Crippen molar-refractivity contribution in [1.29, 1.82) is 0 Å². The predicted octanol–water partition coefficient (Wildman–Crippen LogP) is -2.13. The maximum absolute atomic E-state index is 10.8. The summed E-state index contributed by atoms with van der Waals surface area (Å²) in [7, 11) is 2.02. The standard InChI is InChI=1S/C8H13N4O5P/c9-6(15)8-10-7(11-12-8)5-4(14)3(13)2(17-5)1-16-18/h2-5,13-14H,1,18H2,(H2,9,15)(H,10,11,12)/t2-,3-,4-,5-/m1/s1. The normalized spacial score (nSPS) is 31.7. The van der Waals surface area contributed by atoms with Gasteiger partial charge in [0.2, 0.25) is 5.82 Å². The molecule has 1 aromatic heterocycles. The molecule has 0 radical (unpaired) electrons. The van der Waals surface area contributed by atoms with E-state index in [-0.39, 0.29) is 18.3 Å². The molecule has 1 aliphatic heterocycles. The van der Waals surface area contributed by atoms with Crippen molar-refractivity contribution >= 4 is 15.4 Å². The van der Waals surface area contributed by atoms with Gasteiger partial charge in [-0.1, -0.05) is 0 Å². The summed E-state index contributed by atoms with van der Waals surface area (Å²) in [4.78, 5) is 14.6. The number of carbonyl (C=O) groups is 1. The molecular formula is C8H13N4O5P. The van der Waals surface area contributed by atoms with Gasteiger partial charge in [0.1, 0.15) is 24.4 Å². The molecule has 18 heavy (non-hydrogen) atoms. The summed E-state index contributed by atoms with van der Waals surface area (Å²) in [5.41, 5.74) is 5.00. The topological polar surface area (TPSA) is 144 Å². The van der Waals surface area contributed by atoms with E-state index in [0.717, 1.165) is 0 Å². The van der Waals surface area contributed by atoms with E-state index in [2.05, 4.69) is 15.2 Å². The molecule has 1 aliphatic rings. The van der Waals surface area contributed by atoms with Crippen molar-refractivity contribution in [1.82, 2.24) is 15.2 Å². The van der Waals surface area contributed by atoms with E-state index in [1.807, 2.05) is 9.47 Å². The molecule has 5 N–H and O–H groups in total. The predicted molar refractivity (Wildman–Crippen MR) is 60.2 cm³/mol. The number of nitrogens with one attached hydrogen (secondary N) is 1. The van der Waals surface area contributed by atoms with Crippen molar-refractivity contribution in [3.05, 3.63) is 11.6 Å². The molecular weight excluding hydrogens is 263 g/mol. The minimum atomic E-state index is -1.19. The number of rotatable bonds is 4. The van der Waals surface area contributed by atoms with E-state index in [9.17, 15) is 15.0 Å². The SMILES string of the molecule is NC(=O)c1n[nH]c([C@@H]2O[C@H](COP)[C@@H](O)[C@H]2O)n1. The van der Waals surface area contributed by atoms with Gasteiger partial charge >= 0.3 is 0 Å². The van der Waals surface area contributed by atoms with Gasteiger partial charge in [-0.15, -0.1) is 5.10 Å². The van der Waals surface area contributed by atoms with Crippen LogP contribution in [0.4, 0.5) is 0 Å². The summed E-state index contributed by atoms with van der Waals surface area (Å²) in [5, 5.41) is 25.5. The molecule has 1 aromatic rings. The fourth-order valence-electron chi connectivity index (χ4n) is 1.72. The summed E-state index contributed by atoms with van der Waals surface area (Å²) < 4.78 is 10.2. The van der Waals surface area contributed by atoms with E-state index in [4.69, 9.17) is 15.0 Å². The lowest BCUT2D eigenvalue weighted by atomic mass is 10.1. The maximum atomic E-state index is 10.8. The number of carbonyl (C=O) groups excluding carboxylic acids is 1. The lowest BCUT2D eigenvalue weighted by Crippen LogP contribution is -2.32. The van der Waals surface area contributed by atoms with Gasteiger partial charge in [0.05, 0.1) is 6.61 Å². The Hall–Kier alpha value is -1.12. The molecule has 0 saturated carbocycles. The highest BCUT2D eigenvalue weighted by Gasteiger charge is 2.45. The molecule has 1 saturated heterocycles. The number of hydrogen-bond donors (Lipinski definition) is 4. The molecule has 0 spiro atoms. The van der Waals surface area contributed by atoms with Crippen molar-refractivity contribution in [3.63, 3.8) is 0 Å². The van der Waals surface area contributed by atoms with Crippen LogP contribution in [-0.2, 0) is 9.26 Å². The number of amides is 1. The fraction of sp³-hybridized carbons (Fsp3) is 0.625. The maximum Gasteiger partial charge on any atom is 0.288 e. The number of primary amides is 1. The molecule has 0 aromatic carbocycles. The number of aromatic amines is 1. The monoisotopic (exact) mass is 276 g/mol. The van der Waals surface area contributed by atoms with Crippen molar-refractivity contribution in [2.45, 2.75) is 24.4 Å². The molecule has 100 valence electrons. The molecule has 1 fully saturated rings. The highest BCUT2D eigenvalue weighted by Crippen LogP contribution is 2.32. The van der Waals surface area contributed by atoms with Crippen LogP contribution in [0, 0.1) is 0 Å². The summed E-state index contributed by atoms with van der Waals surface area (Å²) in [6, 6.07) is 0. The Bertz CT molecular complexity index is 441. The van der Waals surface area contributed by atoms with Gasteiger partial charge in [-0.05, 0) is 0 Å². The van der Waals surface area contributed by atoms with Crippen LogP contribution >= 0.6 is 9.47 Å². The second-order valence-corrected chi connectivity index (χ2v) is 4.15. The molecule has 0 bridgehead atoms. The molecule has 2 heterocycles. The average Bonchev–Trinajstić information content (AvgIpc) is 2.90. The number of aliphatic hydroxyl groups excluding tert-OH is 2. The highest BCUT2D eigenvalue weighted by molar-refractivity contribution is 7.09. The quantitative estimate of drug-likeness (QED) is 0.460. The molecule has 10 heteroatoms. The third-order valence-electron chi connectivity index (χ3n) is 2.62. The van der Waals surface area contributed by atoms with Crippen LogP contribution in [0.3, 0.4) is 0 Å². The number of nitrogens with zero attached hydrogens (tertiary/aromatic N) is 2. The Morgan fingerprint density at radius 1 is 1.56 bits per heavy atom. The molecule has 1 unspecified atom stereocenters. The highest BCUT2D eigenvalue weighted by atomic mass is 31.0. The second kappa shape index (κ2) is 5.25. The Morgan fingerprint density at radius 2 is 2.28 bits per heavy atom. The van der Waals surface area contributed by atoms with Crippen LogP contribution in [0.1, 0.15) is 22.5 Å². The smallest absolute Gasteiger partial charge is 0.288 e. The van der Waals surface area contributed by atoms with E-state index in [0.29, 0.717) is 0 Å². The van der Waals surface area contributed by atoms with Crippen molar-refractivity contribution in [3.8, 4) is 0 Å². The summed E-state index contributed by atoms with van der Waals surface area (Å²) in [5.74, 6) is -0.877. The number of H-pyrrole nitrogens is 1. The minimum absolute atomic E-state index is 0.0935. The van der Waals surface area contributed by atoms with E-state index in [1.165, 1.54) is 0 Å². The molecule has 5 atom stereocenters. The zero-order chi connectivity index (χ0) is 13.3. The molecule has 2 rings (SSSR count). The number of hydrogen-bond acceptors (Lipinski definition) is 7. The van der Waals surface area contributed by atoms with E-state index < -0.39 is 30.3 Å². The first kappa shape index (κ1) is 13.3. The molecule has 0 aliphatic carbocycles. The largest absolute Gasteiger partial charge is 0.387 e. The van der Waals surface area contributed by atoms with Crippen LogP contribution in [0.15, 0.2) is 0 Å². The number of aromatic nitrogens is 3. The molecule has 1 amide bonds. The Labute approximate surface area is 104 Å². The third kappa shape index (κ3) is 2.36. The lowest BCUT2D eigenvalue weighted by Gasteiger charge is -2.12. The first-order valence-corrected chi connectivity index (χ1v) is 5.57. The zero-order valence-electron chi connectivity index (χ0n) is 9.18. The Kier molecular flexibility index (Phi) is 3.88. The Morgan fingerprint density at radius 3 is 2.83 bits per heavy atom. The zero-order valence-corrected chi connectivity index (χ0v) is 10.3. The first-order valence-electron chi connectivity index (χ1n) is 5.10. The lowest BCUT2D eigenvalue weighted by molar-refractivity contribution is -0.0163. The van der Waals surface area contributed by atoms with Gasteiger partial charge in [0.15, 0.2) is 5.82 Å². The van der Waals surface area contributed by atoms with Gasteiger partial charge in [0, 0.05) is 9.47 Å². The third-order valence-corrected chi connectivity index (χ3v) is 2.81. The van der Waals surface area contributed by atoms with Gasteiger partial charge < -0.3 is 25.2 Å². The van der Waals surface area contributed by atoms with Crippen LogP contribution in [-0.4, -0.2) is 56.2 Å². The number of ether oxygens (including phenoxy) is 1. The van der Waals surface area contributed by atoms with Crippen molar-refractivity contribution < 1.29 is 24.3 Å². The summed E-state index contributed by atoms with van der Waals surface area (Å²) in [6.07, 6.45) is -3.91. The van der Waals surface area contributed by atoms with Gasteiger partial charge in [-0.3, -0.25) is 9.89 Å². The van der Waals surface area contributed by atoms with Gasteiger partial charge in [-0.2, -0.15) is 0 Å². The fourth-order valence-corrected chi connectivity index (χ4v) is 1.91. The van der Waals surface area contributed by atoms with Crippen LogP contribution < -0.4 is 5.73 Å². The van der Waals surface area contributed by atoms with E-state index in [1.54, 1.807) is 0 Å². The first-order chi connectivity index (χ1) is 8.54. The van der Waals surface area contributed by atoms with E-state index >= 15 is 0 Å². The number of nitrogens with two attached hydrogens (primary N) is 1. The second-order valence-electron chi connectivity index (χ2n) is 3.82. The minimum Gasteiger partial charge on any atom is -0.387 e. The summed E-state index contributed by atoms with van der Waals surface area (Å²) >= 11 is 0. The van der Waals surface area contributed by atoms with Gasteiger partial charge in [-0.25, -0.2) is 4.98 Å². The summed E-state index contributed by atoms with van der Waals surface area (Å²) in [6.45, 7) is 0.0935. The van der Waals surface area contributed by atoms with Crippen molar-refractivity contribution in [2.24, 2.45) is 5.73 Å². The van der Waals surface area contributed by atoms with Crippen LogP contribution in [0.5, 0.6) is 0 Å². The number of aliphatic hydroxyl groups is 2. The Balaban J connectivity index is 2.15. The average molecular weight is 276 g/mol. The van der Waals surface area contributed by atoms with Gasteiger partial charge in [0.25, 0.3) is 5.91 Å². The van der Waals surface area contributed by atoms with Crippen LogP contribution in [0.25, 0.3) is 0 Å². The van der Waals surface area contributed by atoms with Crippen LogP contribution in [0.2, 0.25) is 0 Å². The van der Waals surface area contributed by atoms with Crippen molar-refractivity contribution in [2.75, 3.05) is 6.61 Å². The molecule has 9 nitrogen and oxygen atoms in total.